The SMILES string of the molecule is CSC1(C#N)CCN(C(=O)c2cc(Br)ccc2Cl)CC1. The Morgan fingerprint density at radius 3 is 2.70 bits per heavy atom. The average Bonchev–Trinajstić information content (AvgIpc) is 2.49. The van der Waals surface area contributed by atoms with Crippen molar-refractivity contribution in [3.05, 3.63) is 33.3 Å². The van der Waals surface area contributed by atoms with Gasteiger partial charge in [0.2, 0.25) is 0 Å². The third-order valence-corrected chi connectivity index (χ3v) is 5.72. The van der Waals surface area contributed by atoms with E-state index < -0.39 is 0 Å². The quantitative estimate of drug-likeness (QED) is 0.788. The summed E-state index contributed by atoms with van der Waals surface area (Å²) in [5, 5.41) is 9.72. The summed E-state index contributed by atoms with van der Waals surface area (Å²) in [6.45, 7) is 1.19. The summed E-state index contributed by atoms with van der Waals surface area (Å²) < 4.78 is 0.482. The first-order valence-electron chi connectivity index (χ1n) is 6.22. The van der Waals surface area contributed by atoms with Gasteiger partial charge >= 0.3 is 0 Å². The first-order valence-corrected chi connectivity index (χ1v) is 8.61. The summed E-state index contributed by atoms with van der Waals surface area (Å²) in [4.78, 5) is 14.3. The van der Waals surface area contributed by atoms with Crippen molar-refractivity contribution in [1.82, 2.24) is 4.90 Å². The minimum Gasteiger partial charge on any atom is -0.338 e. The monoisotopic (exact) mass is 372 g/mol. The predicted molar refractivity (Wildman–Crippen MR) is 86.1 cm³/mol. The lowest BCUT2D eigenvalue weighted by Gasteiger charge is -2.36. The van der Waals surface area contributed by atoms with Crippen LogP contribution >= 0.6 is 39.3 Å². The van der Waals surface area contributed by atoms with Gasteiger partial charge in [0.05, 0.1) is 16.7 Å². The smallest absolute Gasteiger partial charge is 0.255 e. The van der Waals surface area contributed by atoms with Crippen molar-refractivity contribution in [3.63, 3.8) is 0 Å². The highest BCUT2D eigenvalue weighted by atomic mass is 79.9. The first kappa shape index (κ1) is 15.7. The van der Waals surface area contributed by atoms with Crippen LogP contribution in [0, 0.1) is 11.3 Å². The molecule has 6 heteroatoms. The molecule has 1 aromatic rings. The number of piperidine rings is 1. The molecule has 1 heterocycles. The van der Waals surface area contributed by atoms with Crippen LogP contribution in [0.4, 0.5) is 0 Å². The fourth-order valence-corrected chi connectivity index (χ4v) is 3.51. The van der Waals surface area contributed by atoms with Gasteiger partial charge in [-0.2, -0.15) is 5.26 Å². The minimum absolute atomic E-state index is 0.0658. The van der Waals surface area contributed by atoms with Gasteiger partial charge < -0.3 is 4.90 Å². The topological polar surface area (TPSA) is 44.1 Å². The van der Waals surface area contributed by atoms with Gasteiger partial charge in [-0.05, 0) is 37.3 Å². The van der Waals surface area contributed by atoms with E-state index in [1.54, 1.807) is 28.8 Å². The van der Waals surface area contributed by atoms with Crippen LogP contribution in [0.1, 0.15) is 23.2 Å². The molecule has 1 aliphatic heterocycles. The van der Waals surface area contributed by atoms with Crippen molar-refractivity contribution in [2.24, 2.45) is 0 Å². The van der Waals surface area contributed by atoms with E-state index in [1.165, 1.54) is 0 Å². The van der Waals surface area contributed by atoms with Crippen LogP contribution in [-0.4, -0.2) is 34.9 Å². The highest BCUT2D eigenvalue weighted by molar-refractivity contribution is 9.10. The summed E-state index contributed by atoms with van der Waals surface area (Å²) in [6, 6.07) is 7.64. The Kier molecular flexibility index (Phi) is 5.00. The number of nitriles is 1. The molecule has 1 aromatic carbocycles. The van der Waals surface area contributed by atoms with Gasteiger partial charge in [-0.15, -0.1) is 11.8 Å². The molecule has 0 N–H and O–H groups in total. The lowest BCUT2D eigenvalue weighted by atomic mass is 9.96. The minimum atomic E-state index is -0.349. The molecule has 1 aliphatic rings. The van der Waals surface area contributed by atoms with Gasteiger partial charge in [-0.25, -0.2) is 0 Å². The van der Waals surface area contributed by atoms with Gasteiger partial charge in [0, 0.05) is 17.6 Å². The number of thioether (sulfide) groups is 1. The molecule has 106 valence electrons. The van der Waals surface area contributed by atoms with Crippen molar-refractivity contribution in [1.29, 1.82) is 5.26 Å². The van der Waals surface area contributed by atoms with Crippen LogP contribution in [0.5, 0.6) is 0 Å². The van der Waals surface area contributed by atoms with E-state index in [9.17, 15) is 10.1 Å². The highest BCUT2D eigenvalue weighted by Gasteiger charge is 2.35. The van der Waals surface area contributed by atoms with Crippen LogP contribution in [0.2, 0.25) is 5.02 Å². The van der Waals surface area contributed by atoms with Gasteiger partial charge in [-0.3, -0.25) is 4.79 Å². The van der Waals surface area contributed by atoms with E-state index in [1.807, 2.05) is 12.3 Å². The van der Waals surface area contributed by atoms with Gasteiger partial charge in [0.15, 0.2) is 0 Å². The second-order valence-electron chi connectivity index (χ2n) is 4.73. The van der Waals surface area contributed by atoms with Crippen LogP contribution in [-0.2, 0) is 0 Å². The Labute approximate surface area is 136 Å². The van der Waals surface area contributed by atoms with Crippen molar-refractivity contribution < 1.29 is 4.79 Å². The summed E-state index contributed by atoms with van der Waals surface area (Å²) in [7, 11) is 0. The van der Waals surface area contributed by atoms with E-state index in [2.05, 4.69) is 22.0 Å². The molecule has 0 saturated carbocycles. The average molecular weight is 374 g/mol. The molecule has 0 radical (unpaired) electrons. The van der Waals surface area contributed by atoms with E-state index in [4.69, 9.17) is 11.6 Å². The zero-order valence-corrected chi connectivity index (χ0v) is 14.2. The van der Waals surface area contributed by atoms with E-state index in [-0.39, 0.29) is 10.7 Å². The molecular formula is C14H14BrClN2OS. The fourth-order valence-electron chi connectivity index (χ4n) is 2.26. The van der Waals surface area contributed by atoms with Crippen molar-refractivity contribution in [2.45, 2.75) is 17.6 Å². The molecule has 1 saturated heterocycles. The van der Waals surface area contributed by atoms with Gasteiger partial charge in [-0.1, -0.05) is 27.5 Å². The zero-order chi connectivity index (χ0) is 14.8. The van der Waals surface area contributed by atoms with Crippen molar-refractivity contribution in [3.8, 4) is 6.07 Å². The largest absolute Gasteiger partial charge is 0.338 e. The number of carbonyl (C=O) groups excluding carboxylic acids is 1. The predicted octanol–water partition coefficient (Wildman–Crippen LogP) is 3.96. The molecule has 0 spiro atoms. The van der Waals surface area contributed by atoms with Crippen LogP contribution in [0.15, 0.2) is 22.7 Å². The molecule has 1 amide bonds. The molecule has 2 rings (SSSR count). The van der Waals surface area contributed by atoms with E-state index >= 15 is 0 Å². The summed E-state index contributed by atoms with van der Waals surface area (Å²) >= 11 is 11.0. The summed E-state index contributed by atoms with van der Waals surface area (Å²) in [6.07, 6.45) is 3.34. The maximum Gasteiger partial charge on any atom is 0.255 e. The Hall–Kier alpha value is -0.700. The first-order chi connectivity index (χ1) is 9.51. The number of amides is 1. The third kappa shape index (κ3) is 3.13. The molecule has 0 unspecified atom stereocenters. The number of benzene rings is 1. The van der Waals surface area contributed by atoms with Crippen LogP contribution in [0.3, 0.4) is 0 Å². The van der Waals surface area contributed by atoms with Gasteiger partial charge in [0.25, 0.3) is 5.91 Å². The molecule has 0 bridgehead atoms. The molecule has 0 atom stereocenters. The number of likely N-dealkylation sites (tertiary alicyclic amines) is 1. The van der Waals surface area contributed by atoms with Crippen LogP contribution < -0.4 is 0 Å². The van der Waals surface area contributed by atoms with E-state index in [0.29, 0.717) is 36.5 Å². The molecule has 3 nitrogen and oxygen atoms in total. The van der Waals surface area contributed by atoms with Gasteiger partial charge in [0.1, 0.15) is 4.75 Å². The number of rotatable bonds is 2. The highest BCUT2D eigenvalue weighted by Crippen LogP contribution is 2.34. The Balaban J connectivity index is 2.13. The lowest BCUT2D eigenvalue weighted by Crippen LogP contribution is -2.44. The summed E-state index contributed by atoms with van der Waals surface area (Å²) in [5.41, 5.74) is 0.509. The van der Waals surface area contributed by atoms with Crippen LogP contribution in [0.25, 0.3) is 0 Å². The number of hydrogen-bond acceptors (Lipinski definition) is 3. The second kappa shape index (κ2) is 6.38. The van der Waals surface area contributed by atoms with E-state index in [0.717, 1.165) is 4.47 Å². The van der Waals surface area contributed by atoms with Crippen molar-refractivity contribution in [2.75, 3.05) is 19.3 Å². The number of hydrogen-bond donors (Lipinski definition) is 0. The normalized spacial score (nSPS) is 17.6. The number of carbonyl (C=O) groups is 1. The number of nitrogens with zero attached hydrogens (tertiary/aromatic N) is 2. The Morgan fingerprint density at radius 1 is 1.50 bits per heavy atom. The maximum absolute atomic E-state index is 12.5. The third-order valence-electron chi connectivity index (χ3n) is 3.61. The lowest BCUT2D eigenvalue weighted by molar-refractivity contribution is 0.0716. The fraction of sp³-hybridized carbons (Fsp3) is 0.429. The number of halogens is 2. The summed E-state index contributed by atoms with van der Waals surface area (Å²) in [5.74, 6) is -0.0658. The molecule has 20 heavy (non-hydrogen) atoms. The maximum atomic E-state index is 12.5. The second-order valence-corrected chi connectivity index (χ2v) is 7.24. The Morgan fingerprint density at radius 2 is 2.15 bits per heavy atom. The molecule has 0 aromatic heterocycles. The molecule has 1 fully saturated rings. The zero-order valence-electron chi connectivity index (χ0n) is 11.0. The Bertz CT molecular complexity index is 565. The molecule has 0 aliphatic carbocycles. The standard InChI is InChI=1S/C14H14BrClN2OS/c1-20-14(9-17)4-6-18(7-5-14)13(19)11-8-10(15)2-3-12(11)16/h2-3,8H,4-7H2,1H3. The van der Waals surface area contributed by atoms with Crippen molar-refractivity contribution >= 4 is 45.2 Å². The molecular weight excluding hydrogens is 360 g/mol.